The molecule has 0 aliphatic heterocycles. The van der Waals surface area contributed by atoms with Gasteiger partial charge in [-0.05, 0) is 37.4 Å². The van der Waals surface area contributed by atoms with Gasteiger partial charge in [-0.15, -0.1) is 0 Å². The molecule has 2 aromatic rings. The zero-order chi connectivity index (χ0) is 20.7. The van der Waals surface area contributed by atoms with Gasteiger partial charge in [0.2, 0.25) is 0 Å². The van der Waals surface area contributed by atoms with Crippen LogP contribution < -0.4 is 15.8 Å². The lowest BCUT2D eigenvalue weighted by Crippen LogP contribution is -2.15. The highest BCUT2D eigenvalue weighted by atomic mass is 35.5. The molecule has 11 heteroatoms. The Morgan fingerprint density at radius 2 is 2.04 bits per heavy atom. The van der Waals surface area contributed by atoms with E-state index >= 15 is 0 Å². The second-order valence-electron chi connectivity index (χ2n) is 6.45. The van der Waals surface area contributed by atoms with E-state index in [1.165, 1.54) is 0 Å². The van der Waals surface area contributed by atoms with Gasteiger partial charge >= 0.3 is 0 Å². The largest absolute Gasteiger partial charge is 0.384 e. The van der Waals surface area contributed by atoms with Crippen molar-refractivity contribution in [1.29, 1.82) is 0 Å². The van der Waals surface area contributed by atoms with Gasteiger partial charge < -0.3 is 11.1 Å². The van der Waals surface area contributed by atoms with Crippen LogP contribution in [0.25, 0.3) is 0 Å². The summed E-state index contributed by atoms with van der Waals surface area (Å²) in [5.74, 6) is -0.464. The van der Waals surface area contributed by atoms with Crippen molar-refractivity contribution < 1.29 is 17.2 Å². The number of benzene rings is 1. The van der Waals surface area contributed by atoms with Gasteiger partial charge in [0.15, 0.2) is 10.3 Å². The number of halogens is 3. The predicted octanol–water partition coefficient (Wildman–Crippen LogP) is 4.44. The lowest BCUT2D eigenvalue weighted by Gasteiger charge is -2.12. The first-order chi connectivity index (χ1) is 13.2. The zero-order valence-corrected chi connectivity index (χ0v) is 17.7. The van der Waals surface area contributed by atoms with E-state index in [2.05, 4.69) is 17.2 Å². The van der Waals surface area contributed by atoms with Crippen LogP contribution in [-0.2, 0) is 10.0 Å². The number of thiazole rings is 1. The van der Waals surface area contributed by atoms with E-state index in [4.69, 9.17) is 17.3 Å². The van der Waals surface area contributed by atoms with Crippen LogP contribution in [-0.4, -0.2) is 26.5 Å². The minimum atomic E-state index is -4.28. The second-order valence-corrected chi connectivity index (χ2v) is 9.49. The van der Waals surface area contributed by atoms with E-state index in [1.54, 1.807) is 0 Å². The Labute approximate surface area is 172 Å². The number of hydrogen-bond donors (Lipinski definition) is 3. The summed E-state index contributed by atoms with van der Waals surface area (Å²) in [5.41, 5.74) is 5.89. The Balaban J connectivity index is 1.96. The summed E-state index contributed by atoms with van der Waals surface area (Å²) in [4.78, 5) is 2.93. The SMILES string of the molecule is C[C@@H](CN)CCCCCNc1cc(F)c(S(=O)(=O)Nc2ncc(F)s2)cc1Cl. The first-order valence-corrected chi connectivity index (χ1v) is 11.5. The highest BCUT2D eigenvalue weighted by molar-refractivity contribution is 7.93. The molecule has 0 fully saturated rings. The number of hydrogen-bond acceptors (Lipinski definition) is 6. The molecule has 0 saturated heterocycles. The normalized spacial score (nSPS) is 12.8. The first-order valence-electron chi connectivity index (χ1n) is 8.80. The number of sulfonamides is 1. The Morgan fingerprint density at radius 3 is 2.68 bits per heavy atom. The molecule has 156 valence electrons. The summed E-state index contributed by atoms with van der Waals surface area (Å²) in [5, 5.41) is 2.23. The van der Waals surface area contributed by atoms with E-state index in [0.717, 1.165) is 44.0 Å². The molecule has 0 aliphatic carbocycles. The molecule has 6 nitrogen and oxygen atoms in total. The lowest BCUT2D eigenvalue weighted by atomic mass is 10.0. The molecule has 1 heterocycles. The number of unbranched alkanes of at least 4 members (excludes halogenated alkanes) is 2. The molecule has 28 heavy (non-hydrogen) atoms. The van der Waals surface area contributed by atoms with Crippen LogP contribution in [0.1, 0.15) is 32.6 Å². The molecule has 0 bridgehead atoms. The Kier molecular flexibility index (Phi) is 8.41. The van der Waals surface area contributed by atoms with Crippen LogP contribution in [0.4, 0.5) is 19.6 Å². The van der Waals surface area contributed by atoms with Crippen molar-refractivity contribution in [3.05, 3.63) is 34.3 Å². The zero-order valence-electron chi connectivity index (χ0n) is 15.3. The topological polar surface area (TPSA) is 97.1 Å². The third kappa shape index (κ3) is 6.54. The van der Waals surface area contributed by atoms with Gasteiger partial charge in [0.1, 0.15) is 10.7 Å². The maximum Gasteiger partial charge on any atom is 0.266 e. The summed E-state index contributed by atoms with van der Waals surface area (Å²) in [6.07, 6.45) is 4.86. The highest BCUT2D eigenvalue weighted by Crippen LogP contribution is 2.30. The van der Waals surface area contributed by atoms with Crippen molar-refractivity contribution in [2.45, 2.75) is 37.5 Å². The Morgan fingerprint density at radius 1 is 1.29 bits per heavy atom. The predicted molar refractivity (Wildman–Crippen MR) is 109 cm³/mol. The molecular formula is C17H23ClF2N4O2S2. The van der Waals surface area contributed by atoms with Crippen LogP contribution in [0.15, 0.2) is 23.2 Å². The van der Waals surface area contributed by atoms with Crippen molar-refractivity contribution >= 4 is 43.8 Å². The molecule has 1 aromatic carbocycles. The molecular weight excluding hydrogens is 430 g/mol. The standard InChI is InChI=1S/C17H23ClF2N4O2S2/c1-11(9-21)5-3-2-4-6-22-14-8-13(19)15(7-12(14)18)28(25,26)24-17-23-10-16(20)27-17/h7-8,10-11,22H,2-6,9,21H2,1H3,(H,23,24)/t11-/m1/s1. The van der Waals surface area contributed by atoms with Crippen molar-refractivity contribution in [3.63, 3.8) is 0 Å². The quantitative estimate of drug-likeness (QED) is 0.438. The van der Waals surface area contributed by atoms with Gasteiger partial charge in [0.05, 0.1) is 16.9 Å². The minimum Gasteiger partial charge on any atom is -0.384 e. The smallest absolute Gasteiger partial charge is 0.266 e. The molecule has 1 atom stereocenters. The third-order valence-corrected chi connectivity index (χ3v) is 6.60. The lowest BCUT2D eigenvalue weighted by molar-refractivity contribution is 0.502. The van der Waals surface area contributed by atoms with Crippen LogP contribution in [0, 0.1) is 16.9 Å². The molecule has 0 unspecified atom stereocenters. The van der Waals surface area contributed by atoms with E-state index in [0.29, 0.717) is 36.0 Å². The number of rotatable bonds is 11. The maximum atomic E-state index is 14.4. The summed E-state index contributed by atoms with van der Waals surface area (Å²) in [7, 11) is -4.28. The van der Waals surface area contributed by atoms with Crippen molar-refractivity contribution in [1.82, 2.24) is 4.98 Å². The van der Waals surface area contributed by atoms with Crippen LogP contribution in [0.2, 0.25) is 5.02 Å². The average molecular weight is 453 g/mol. The molecule has 0 saturated carbocycles. The van der Waals surface area contributed by atoms with E-state index in [9.17, 15) is 17.2 Å². The van der Waals surface area contributed by atoms with Crippen LogP contribution >= 0.6 is 22.9 Å². The monoisotopic (exact) mass is 452 g/mol. The number of nitrogens with two attached hydrogens (primary N) is 1. The molecule has 2 rings (SSSR count). The van der Waals surface area contributed by atoms with Gasteiger partial charge in [-0.25, -0.2) is 17.8 Å². The van der Waals surface area contributed by atoms with E-state index in [-0.39, 0.29) is 10.2 Å². The molecule has 1 aromatic heterocycles. The third-order valence-electron chi connectivity index (χ3n) is 4.10. The summed E-state index contributed by atoms with van der Waals surface area (Å²) in [6, 6.07) is 2.06. The fourth-order valence-corrected chi connectivity index (χ4v) is 4.64. The van der Waals surface area contributed by atoms with Gasteiger partial charge in [-0.3, -0.25) is 4.72 Å². The number of nitrogens with one attached hydrogen (secondary N) is 2. The maximum absolute atomic E-state index is 14.4. The highest BCUT2D eigenvalue weighted by Gasteiger charge is 2.23. The fourth-order valence-electron chi connectivity index (χ4n) is 2.48. The van der Waals surface area contributed by atoms with Gasteiger partial charge in [0, 0.05) is 6.54 Å². The molecule has 0 aliphatic rings. The van der Waals surface area contributed by atoms with Crippen molar-refractivity contribution in [2.24, 2.45) is 11.7 Å². The van der Waals surface area contributed by atoms with E-state index < -0.39 is 25.9 Å². The van der Waals surface area contributed by atoms with Crippen LogP contribution in [0.3, 0.4) is 0 Å². The first kappa shape index (κ1) is 22.8. The molecule has 0 spiro atoms. The van der Waals surface area contributed by atoms with Crippen molar-refractivity contribution in [2.75, 3.05) is 23.1 Å². The molecule has 0 radical (unpaired) electrons. The molecule has 4 N–H and O–H groups in total. The number of nitrogens with zero attached hydrogens (tertiary/aromatic N) is 1. The van der Waals surface area contributed by atoms with Crippen LogP contribution in [0.5, 0.6) is 0 Å². The average Bonchev–Trinajstić information content (AvgIpc) is 3.03. The van der Waals surface area contributed by atoms with E-state index in [1.807, 2.05) is 4.72 Å². The Hall–Kier alpha value is -1.49. The summed E-state index contributed by atoms with van der Waals surface area (Å²) in [6.45, 7) is 3.36. The second kappa shape index (κ2) is 10.3. The summed E-state index contributed by atoms with van der Waals surface area (Å²) < 4.78 is 54.0. The minimum absolute atomic E-state index is 0.0730. The Bertz CT molecular complexity index is 893. The summed E-state index contributed by atoms with van der Waals surface area (Å²) >= 11 is 6.61. The van der Waals surface area contributed by atoms with Gasteiger partial charge in [-0.2, -0.15) is 4.39 Å². The number of anilines is 2. The van der Waals surface area contributed by atoms with Crippen molar-refractivity contribution in [3.8, 4) is 0 Å². The van der Waals surface area contributed by atoms with Gasteiger partial charge in [0.25, 0.3) is 10.0 Å². The molecule has 0 amide bonds. The fraction of sp³-hybridized carbons (Fsp3) is 0.471. The number of aromatic nitrogens is 1. The van der Waals surface area contributed by atoms with Gasteiger partial charge in [-0.1, -0.05) is 42.7 Å².